The molecule has 0 aromatic heterocycles. The Balaban J connectivity index is 0.000000243. The van der Waals surface area contributed by atoms with Gasteiger partial charge in [-0.25, -0.2) is 0 Å². The van der Waals surface area contributed by atoms with E-state index in [1.807, 2.05) is 0 Å². The summed E-state index contributed by atoms with van der Waals surface area (Å²) in [6.07, 6.45) is 18.6. The maximum atomic E-state index is 12.6. The zero-order valence-corrected chi connectivity index (χ0v) is 22.6. The molecule has 0 amide bonds. The highest BCUT2D eigenvalue weighted by atomic mass is 16.3. The van der Waals surface area contributed by atoms with Gasteiger partial charge < -0.3 is 5.11 Å². The van der Waals surface area contributed by atoms with Gasteiger partial charge in [0.05, 0.1) is 0 Å². The summed E-state index contributed by atoms with van der Waals surface area (Å²) in [4.78, 5) is 47.2. The van der Waals surface area contributed by atoms with Crippen LogP contribution in [0.25, 0.3) is 0 Å². The van der Waals surface area contributed by atoms with Gasteiger partial charge in [-0.15, -0.1) is 0 Å². The molecule has 3 aliphatic carbocycles. The number of hydrogen-bond acceptors (Lipinski definition) is 5. The van der Waals surface area contributed by atoms with Crippen LogP contribution in [0.3, 0.4) is 0 Å². The highest BCUT2D eigenvalue weighted by Crippen LogP contribution is 2.29. The van der Waals surface area contributed by atoms with Crippen LogP contribution in [0.4, 0.5) is 0 Å². The molecule has 1 N–H and O–H groups in total. The number of rotatable bonds is 9. The molecule has 2 aromatic carbocycles. The molecule has 5 rings (SSSR count). The lowest BCUT2D eigenvalue weighted by atomic mass is 9.85. The van der Waals surface area contributed by atoms with E-state index in [2.05, 4.69) is 0 Å². The van der Waals surface area contributed by atoms with Gasteiger partial charge in [0.15, 0.2) is 23.1 Å². The zero-order valence-electron chi connectivity index (χ0n) is 22.6. The molecular weight excluding hydrogens is 488 g/mol. The molecule has 0 radical (unpaired) electrons. The van der Waals surface area contributed by atoms with Crippen molar-refractivity contribution in [3.63, 3.8) is 0 Å². The average Bonchev–Trinajstić information content (AvgIpc) is 2.98. The SMILES string of the molecule is O=C1C(O)=C(CCCCCCCCC2CCCCC2)C(=O)c2ccccc21.O=C1C=CC(=O)c2ccccc21. The first-order valence-corrected chi connectivity index (χ1v) is 14.4. The molecule has 5 heteroatoms. The van der Waals surface area contributed by atoms with Crippen LogP contribution in [0.1, 0.15) is 125 Å². The summed E-state index contributed by atoms with van der Waals surface area (Å²) >= 11 is 0. The predicted octanol–water partition coefficient (Wildman–Crippen LogP) is 8.20. The van der Waals surface area contributed by atoms with Crippen molar-refractivity contribution in [2.24, 2.45) is 5.92 Å². The van der Waals surface area contributed by atoms with Crippen LogP contribution in [0, 0.1) is 5.92 Å². The largest absolute Gasteiger partial charge is 0.504 e. The molecule has 1 saturated carbocycles. The first-order chi connectivity index (χ1) is 19.0. The Bertz CT molecular complexity index is 1240. The summed E-state index contributed by atoms with van der Waals surface area (Å²) < 4.78 is 0. The Morgan fingerprint density at radius 2 is 1.08 bits per heavy atom. The van der Waals surface area contributed by atoms with Gasteiger partial charge in [0, 0.05) is 27.8 Å². The Kier molecular flexibility index (Phi) is 10.2. The molecule has 2 aromatic rings. The molecule has 3 aliphatic rings. The van der Waals surface area contributed by atoms with Crippen molar-refractivity contribution in [2.75, 3.05) is 0 Å². The normalized spacial score (nSPS) is 17.0. The van der Waals surface area contributed by atoms with Gasteiger partial charge in [-0.2, -0.15) is 0 Å². The van der Waals surface area contributed by atoms with Crippen molar-refractivity contribution in [1.82, 2.24) is 0 Å². The second-order valence-electron chi connectivity index (χ2n) is 10.8. The van der Waals surface area contributed by atoms with E-state index in [1.165, 1.54) is 69.9 Å². The predicted molar refractivity (Wildman–Crippen MR) is 153 cm³/mol. The van der Waals surface area contributed by atoms with E-state index < -0.39 is 5.78 Å². The average molecular weight is 527 g/mol. The molecule has 0 heterocycles. The van der Waals surface area contributed by atoms with Crippen LogP contribution in [0.5, 0.6) is 0 Å². The third-order valence-electron chi connectivity index (χ3n) is 8.05. The third kappa shape index (κ3) is 7.29. The number of carbonyl (C=O) groups excluding carboxylic acids is 4. The topological polar surface area (TPSA) is 88.5 Å². The first kappa shape index (κ1) is 28.4. The van der Waals surface area contributed by atoms with Crippen molar-refractivity contribution >= 4 is 23.1 Å². The summed E-state index contributed by atoms with van der Waals surface area (Å²) in [7, 11) is 0. The van der Waals surface area contributed by atoms with Crippen molar-refractivity contribution in [3.8, 4) is 0 Å². The summed E-state index contributed by atoms with van der Waals surface area (Å²) in [5, 5.41) is 10.2. The maximum Gasteiger partial charge on any atom is 0.228 e. The smallest absolute Gasteiger partial charge is 0.228 e. The summed E-state index contributed by atoms with van der Waals surface area (Å²) in [5.41, 5.74) is 2.06. The number of allylic oxidation sites excluding steroid dienone is 4. The maximum absolute atomic E-state index is 12.6. The minimum absolute atomic E-state index is 0.0924. The lowest BCUT2D eigenvalue weighted by molar-refractivity contribution is 0.0926. The monoisotopic (exact) mass is 526 g/mol. The molecule has 0 saturated heterocycles. The number of Topliss-reactive ketones (excluding diaryl/α,β-unsaturated/α-hetero) is 2. The van der Waals surface area contributed by atoms with Gasteiger partial charge in [0.2, 0.25) is 5.78 Å². The minimum atomic E-state index is -0.414. The summed E-state index contributed by atoms with van der Waals surface area (Å²) in [6, 6.07) is 13.6. The van der Waals surface area contributed by atoms with E-state index in [4.69, 9.17) is 0 Å². The standard InChI is InChI=1S/C24H32O3.C10H6O2/c25-22-19-15-10-11-16-20(19)23(26)24(27)21(22)17-9-4-2-1-3-6-12-18-13-7-5-8-14-18;11-9-5-6-10(12)8-4-2-1-3-7(8)9/h10-11,15-16,18,27H,1-9,12-14,17H2;1-6H. The lowest BCUT2D eigenvalue weighted by Crippen LogP contribution is -2.22. The Labute approximate surface area is 231 Å². The fourth-order valence-corrected chi connectivity index (χ4v) is 5.81. The van der Waals surface area contributed by atoms with E-state index in [-0.39, 0.29) is 23.1 Å². The molecule has 1 fully saturated rings. The fourth-order valence-electron chi connectivity index (χ4n) is 5.81. The second-order valence-corrected chi connectivity index (χ2v) is 10.8. The quantitative estimate of drug-likeness (QED) is 0.333. The number of fused-ring (bicyclic) bond motifs is 2. The number of aliphatic hydroxyl groups excluding tert-OH is 1. The first-order valence-electron chi connectivity index (χ1n) is 14.4. The second kappa shape index (κ2) is 14.0. The van der Waals surface area contributed by atoms with Gasteiger partial charge in [-0.1, -0.05) is 119 Å². The molecule has 0 aliphatic heterocycles. The van der Waals surface area contributed by atoms with Gasteiger partial charge in [-0.05, 0) is 30.9 Å². The molecular formula is C34H38O5. The highest BCUT2D eigenvalue weighted by Gasteiger charge is 2.31. The number of unbranched alkanes of at least 4 members (excludes halogenated alkanes) is 5. The van der Waals surface area contributed by atoms with Crippen LogP contribution in [0.15, 0.2) is 72.0 Å². The highest BCUT2D eigenvalue weighted by molar-refractivity contribution is 6.26. The molecule has 0 unspecified atom stereocenters. The van der Waals surface area contributed by atoms with Crippen molar-refractivity contribution in [1.29, 1.82) is 0 Å². The summed E-state index contributed by atoms with van der Waals surface area (Å²) in [6.45, 7) is 0. The van der Waals surface area contributed by atoms with Gasteiger partial charge in [0.1, 0.15) is 0 Å². The Morgan fingerprint density at radius 3 is 1.67 bits per heavy atom. The zero-order chi connectivity index (χ0) is 27.6. The summed E-state index contributed by atoms with van der Waals surface area (Å²) in [5.74, 6) is -0.147. The van der Waals surface area contributed by atoms with Gasteiger partial charge in [0.25, 0.3) is 0 Å². The molecule has 0 atom stereocenters. The molecule has 5 nitrogen and oxygen atoms in total. The Morgan fingerprint density at radius 1 is 0.590 bits per heavy atom. The number of benzene rings is 2. The van der Waals surface area contributed by atoms with E-state index in [9.17, 15) is 24.3 Å². The van der Waals surface area contributed by atoms with E-state index in [0.29, 0.717) is 34.2 Å². The van der Waals surface area contributed by atoms with Crippen LogP contribution >= 0.6 is 0 Å². The van der Waals surface area contributed by atoms with Crippen LogP contribution in [-0.2, 0) is 0 Å². The Hall–Kier alpha value is -3.60. The third-order valence-corrected chi connectivity index (χ3v) is 8.05. The minimum Gasteiger partial charge on any atom is -0.504 e. The van der Waals surface area contributed by atoms with E-state index >= 15 is 0 Å². The number of hydrogen-bond donors (Lipinski definition) is 1. The number of carbonyl (C=O) groups is 4. The molecule has 204 valence electrons. The van der Waals surface area contributed by atoms with Gasteiger partial charge >= 0.3 is 0 Å². The molecule has 0 spiro atoms. The van der Waals surface area contributed by atoms with E-state index in [1.54, 1.807) is 48.5 Å². The van der Waals surface area contributed by atoms with Crippen molar-refractivity contribution in [3.05, 3.63) is 94.3 Å². The van der Waals surface area contributed by atoms with Crippen molar-refractivity contribution in [2.45, 2.75) is 83.5 Å². The van der Waals surface area contributed by atoms with Crippen molar-refractivity contribution < 1.29 is 24.3 Å². The lowest BCUT2D eigenvalue weighted by Gasteiger charge is -2.21. The van der Waals surface area contributed by atoms with Gasteiger partial charge in [-0.3, -0.25) is 19.2 Å². The fraction of sp³-hybridized carbons (Fsp3) is 0.412. The van der Waals surface area contributed by atoms with Crippen LogP contribution < -0.4 is 0 Å². The van der Waals surface area contributed by atoms with E-state index in [0.717, 1.165) is 25.2 Å². The molecule has 0 bridgehead atoms. The molecule has 39 heavy (non-hydrogen) atoms. The van der Waals surface area contributed by atoms with Crippen LogP contribution in [0.2, 0.25) is 0 Å². The van der Waals surface area contributed by atoms with Crippen LogP contribution in [-0.4, -0.2) is 28.2 Å². The number of aliphatic hydroxyl groups is 1. The number of ketones is 4.